The van der Waals surface area contributed by atoms with Crippen LogP contribution < -0.4 is 5.32 Å². The lowest BCUT2D eigenvalue weighted by Crippen LogP contribution is -2.45. The molecule has 2 rings (SSSR count). The van der Waals surface area contributed by atoms with Crippen LogP contribution in [-0.4, -0.2) is 43.1 Å². The van der Waals surface area contributed by atoms with E-state index in [0.717, 1.165) is 12.1 Å². The van der Waals surface area contributed by atoms with Gasteiger partial charge in [-0.25, -0.2) is 0 Å². The number of hydrogen-bond donors (Lipinski definition) is 1. The van der Waals surface area contributed by atoms with Crippen LogP contribution in [0.4, 0.5) is 13.2 Å². The van der Waals surface area contributed by atoms with Crippen LogP contribution in [0.1, 0.15) is 31.1 Å². The Morgan fingerprint density at radius 2 is 2.17 bits per heavy atom. The molecule has 1 aromatic rings. The summed E-state index contributed by atoms with van der Waals surface area (Å²) < 4.78 is 44.0. The van der Waals surface area contributed by atoms with Crippen molar-refractivity contribution in [2.45, 2.75) is 32.2 Å². The minimum absolute atomic E-state index is 0.0582. The van der Waals surface area contributed by atoms with Gasteiger partial charge in [-0.1, -0.05) is 12.1 Å². The van der Waals surface area contributed by atoms with E-state index < -0.39 is 17.8 Å². The number of alkyl halides is 3. The van der Waals surface area contributed by atoms with E-state index in [-0.39, 0.29) is 18.5 Å². The number of halogens is 3. The fourth-order valence-corrected chi connectivity index (χ4v) is 2.53. The van der Waals surface area contributed by atoms with E-state index >= 15 is 0 Å². The highest BCUT2D eigenvalue weighted by Crippen LogP contribution is 2.32. The molecule has 1 unspecified atom stereocenters. The second kappa shape index (κ2) is 7.31. The number of rotatable bonds is 4. The van der Waals surface area contributed by atoms with Crippen molar-refractivity contribution >= 4 is 5.91 Å². The number of nitrogens with zero attached hydrogens (tertiary/aromatic N) is 1. The number of benzene rings is 1. The van der Waals surface area contributed by atoms with Crippen molar-refractivity contribution in [1.29, 1.82) is 0 Å². The van der Waals surface area contributed by atoms with E-state index in [1.807, 2.05) is 18.7 Å². The molecule has 7 heteroatoms. The van der Waals surface area contributed by atoms with Crippen molar-refractivity contribution in [1.82, 2.24) is 10.2 Å². The summed E-state index contributed by atoms with van der Waals surface area (Å²) >= 11 is 0. The average Bonchev–Trinajstić information content (AvgIpc) is 2.46. The summed E-state index contributed by atoms with van der Waals surface area (Å²) in [7, 11) is 0. The van der Waals surface area contributed by atoms with Crippen LogP contribution >= 0.6 is 0 Å². The monoisotopic (exact) mass is 330 g/mol. The topological polar surface area (TPSA) is 41.6 Å². The molecule has 0 aromatic heterocycles. The van der Waals surface area contributed by atoms with Gasteiger partial charge in [0.2, 0.25) is 5.91 Å². The van der Waals surface area contributed by atoms with E-state index in [0.29, 0.717) is 25.3 Å². The first-order chi connectivity index (χ1) is 10.8. The van der Waals surface area contributed by atoms with Gasteiger partial charge in [0.05, 0.1) is 24.8 Å². The van der Waals surface area contributed by atoms with Gasteiger partial charge < -0.3 is 10.1 Å². The van der Waals surface area contributed by atoms with Crippen LogP contribution in [0.25, 0.3) is 0 Å². The molecule has 128 valence electrons. The molecule has 1 fully saturated rings. The maximum absolute atomic E-state index is 12.8. The minimum atomic E-state index is -4.37. The largest absolute Gasteiger partial charge is 0.416 e. The molecule has 0 saturated carbocycles. The Kier molecular flexibility index (Phi) is 5.64. The smallest absolute Gasteiger partial charge is 0.371 e. The normalized spacial score (nSPS) is 19.8. The molecule has 1 aliphatic heterocycles. The highest BCUT2D eigenvalue weighted by atomic mass is 19.4. The Morgan fingerprint density at radius 1 is 1.43 bits per heavy atom. The molecule has 1 atom stereocenters. The van der Waals surface area contributed by atoms with Crippen molar-refractivity contribution in [3.05, 3.63) is 35.4 Å². The van der Waals surface area contributed by atoms with Gasteiger partial charge in [0.1, 0.15) is 0 Å². The van der Waals surface area contributed by atoms with Crippen molar-refractivity contribution in [3.8, 4) is 0 Å². The Labute approximate surface area is 133 Å². The third-order valence-corrected chi connectivity index (χ3v) is 3.55. The predicted octanol–water partition coefficient (Wildman–Crippen LogP) is 2.60. The number of ether oxygens (including phenoxy) is 1. The van der Waals surface area contributed by atoms with Crippen LogP contribution in [0, 0.1) is 0 Å². The zero-order chi connectivity index (χ0) is 17.0. The summed E-state index contributed by atoms with van der Waals surface area (Å²) in [6.45, 7) is 5.34. The van der Waals surface area contributed by atoms with Crippen LogP contribution in [0.3, 0.4) is 0 Å². The van der Waals surface area contributed by atoms with E-state index in [2.05, 4.69) is 5.32 Å². The lowest BCUT2D eigenvalue weighted by molar-refractivity contribution is -0.137. The summed E-state index contributed by atoms with van der Waals surface area (Å²) in [6, 6.07) is 5.22. The maximum atomic E-state index is 12.8. The molecular formula is C16H21F3N2O2. The number of nitrogens with one attached hydrogen (secondary N) is 1. The third-order valence-electron chi connectivity index (χ3n) is 3.55. The summed E-state index contributed by atoms with van der Waals surface area (Å²) in [5, 5.41) is 2.80. The zero-order valence-corrected chi connectivity index (χ0v) is 13.2. The molecule has 0 aliphatic carbocycles. The van der Waals surface area contributed by atoms with Gasteiger partial charge in [-0.2, -0.15) is 13.2 Å². The highest BCUT2D eigenvalue weighted by Gasteiger charge is 2.32. The van der Waals surface area contributed by atoms with Crippen molar-refractivity contribution in [2.75, 3.05) is 26.2 Å². The predicted molar refractivity (Wildman–Crippen MR) is 79.9 cm³/mol. The summed E-state index contributed by atoms with van der Waals surface area (Å²) in [5.74, 6) is -0.0929. The molecule has 0 radical (unpaired) electrons. The second-order valence-corrected chi connectivity index (χ2v) is 5.94. The molecule has 1 aromatic carbocycles. The Hall–Kier alpha value is -1.60. The first kappa shape index (κ1) is 17.7. The molecular weight excluding hydrogens is 309 g/mol. The van der Waals surface area contributed by atoms with Crippen LogP contribution in [0.5, 0.6) is 0 Å². The Bertz CT molecular complexity index is 546. The average molecular weight is 330 g/mol. The quantitative estimate of drug-likeness (QED) is 0.923. The maximum Gasteiger partial charge on any atom is 0.416 e. The summed E-state index contributed by atoms with van der Waals surface area (Å²) in [6.07, 6.45) is -4.83. The molecule has 23 heavy (non-hydrogen) atoms. The molecule has 1 saturated heterocycles. The number of amides is 1. The van der Waals surface area contributed by atoms with Gasteiger partial charge >= 0.3 is 6.18 Å². The fourth-order valence-electron chi connectivity index (χ4n) is 2.53. The van der Waals surface area contributed by atoms with Crippen LogP contribution in [0.15, 0.2) is 24.3 Å². The van der Waals surface area contributed by atoms with Gasteiger partial charge in [-0.15, -0.1) is 0 Å². The molecule has 0 spiro atoms. The molecule has 1 aliphatic rings. The molecule has 1 heterocycles. The van der Waals surface area contributed by atoms with Crippen LogP contribution in [0.2, 0.25) is 0 Å². The highest BCUT2D eigenvalue weighted by molar-refractivity contribution is 5.78. The minimum Gasteiger partial charge on any atom is -0.371 e. The van der Waals surface area contributed by atoms with E-state index in [1.165, 1.54) is 6.07 Å². The summed E-state index contributed by atoms with van der Waals surface area (Å²) in [4.78, 5) is 13.7. The number of hydrogen-bond acceptors (Lipinski definition) is 3. The van der Waals surface area contributed by atoms with E-state index in [4.69, 9.17) is 4.74 Å². The lowest BCUT2D eigenvalue weighted by atomic mass is 10.0. The summed E-state index contributed by atoms with van der Waals surface area (Å²) in [5.41, 5.74) is -0.206. The fraction of sp³-hybridized carbons (Fsp3) is 0.562. The second-order valence-electron chi connectivity index (χ2n) is 5.94. The molecule has 1 amide bonds. The first-order valence-electron chi connectivity index (χ1n) is 7.56. The lowest BCUT2D eigenvalue weighted by Gasteiger charge is -2.33. The van der Waals surface area contributed by atoms with Gasteiger partial charge in [0, 0.05) is 19.1 Å². The Balaban J connectivity index is 2.02. The van der Waals surface area contributed by atoms with Gasteiger partial charge in [0.25, 0.3) is 0 Å². The Morgan fingerprint density at radius 3 is 2.83 bits per heavy atom. The van der Waals surface area contributed by atoms with Crippen molar-refractivity contribution in [2.24, 2.45) is 0 Å². The standard InChI is InChI=1S/C16H21F3N2O2/c1-11(2)20-15(22)10-21-6-7-23-14(9-21)12-4-3-5-13(8-12)16(17,18)19/h3-5,8,11,14H,6-7,9-10H2,1-2H3,(H,20,22). The molecule has 0 bridgehead atoms. The zero-order valence-electron chi connectivity index (χ0n) is 13.2. The first-order valence-corrected chi connectivity index (χ1v) is 7.56. The SMILES string of the molecule is CC(C)NC(=O)CN1CCOC(c2cccc(C(F)(F)F)c2)C1. The van der Waals surface area contributed by atoms with E-state index in [1.54, 1.807) is 6.07 Å². The molecule has 4 nitrogen and oxygen atoms in total. The van der Waals surface area contributed by atoms with Crippen molar-refractivity contribution in [3.63, 3.8) is 0 Å². The number of morpholine rings is 1. The van der Waals surface area contributed by atoms with E-state index in [9.17, 15) is 18.0 Å². The number of carbonyl (C=O) groups excluding carboxylic acids is 1. The number of carbonyl (C=O) groups is 1. The third kappa shape index (κ3) is 5.21. The van der Waals surface area contributed by atoms with Gasteiger partial charge in [-0.3, -0.25) is 9.69 Å². The van der Waals surface area contributed by atoms with Gasteiger partial charge in [0.15, 0.2) is 0 Å². The van der Waals surface area contributed by atoms with Crippen LogP contribution in [-0.2, 0) is 15.7 Å². The van der Waals surface area contributed by atoms with Gasteiger partial charge in [-0.05, 0) is 31.5 Å². The van der Waals surface area contributed by atoms with Crippen molar-refractivity contribution < 1.29 is 22.7 Å². The molecule has 1 N–H and O–H groups in total.